The molecule has 0 saturated heterocycles. The second-order valence-corrected chi connectivity index (χ2v) is 8.09. The number of thioether (sulfide) groups is 1. The molecule has 0 bridgehead atoms. The number of hydrogen-bond acceptors (Lipinski definition) is 3. The summed E-state index contributed by atoms with van der Waals surface area (Å²) < 4.78 is 3.45. The van der Waals surface area contributed by atoms with Crippen LogP contribution in [0.15, 0.2) is 35.6 Å². The molecule has 19 heavy (non-hydrogen) atoms. The summed E-state index contributed by atoms with van der Waals surface area (Å²) in [6.45, 7) is 4.50. The van der Waals surface area contributed by atoms with Gasteiger partial charge in [-0.25, -0.2) is 4.98 Å². The van der Waals surface area contributed by atoms with Gasteiger partial charge in [0, 0.05) is 8.32 Å². The first-order chi connectivity index (χ1) is 9.03. The van der Waals surface area contributed by atoms with Gasteiger partial charge in [-0.3, -0.25) is 0 Å². The summed E-state index contributed by atoms with van der Waals surface area (Å²) >= 11 is 4.12. The van der Waals surface area contributed by atoms with Crippen LogP contribution in [-0.4, -0.2) is 19.4 Å². The van der Waals surface area contributed by atoms with Crippen LogP contribution >= 0.6 is 34.4 Å². The molecule has 0 radical (unpaired) electrons. The SMILES string of the molecule is CC1(C)Sc2ncc(CO)n2C1c1cccc(I)c1. The van der Waals surface area contributed by atoms with E-state index >= 15 is 0 Å². The summed E-state index contributed by atoms with van der Waals surface area (Å²) in [6, 6.07) is 8.77. The molecule has 0 amide bonds. The van der Waals surface area contributed by atoms with Crippen molar-refractivity contribution in [2.75, 3.05) is 0 Å². The molecule has 1 aliphatic heterocycles. The molecule has 0 spiro atoms. The molecule has 1 atom stereocenters. The molecule has 3 nitrogen and oxygen atoms in total. The summed E-state index contributed by atoms with van der Waals surface area (Å²) in [6.07, 6.45) is 1.78. The lowest BCUT2D eigenvalue weighted by Crippen LogP contribution is -2.26. The maximum Gasteiger partial charge on any atom is 0.169 e. The van der Waals surface area contributed by atoms with E-state index in [0.29, 0.717) is 0 Å². The highest BCUT2D eigenvalue weighted by Gasteiger charge is 2.42. The van der Waals surface area contributed by atoms with Crippen LogP contribution < -0.4 is 0 Å². The monoisotopic (exact) mass is 386 g/mol. The van der Waals surface area contributed by atoms with Gasteiger partial charge in [-0.15, -0.1) is 0 Å². The number of fused-ring (bicyclic) bond motifs is 1. The van der Waals surface area contributed by atoms with Gasteiger partial charge in [0.05, 0.1) is 24.5 Å². The first-order valence-corrected chi connectivity index (χ1v) is 8.04. The van der Waals surface area contributed by atoms with Crippen molar-refractivity contribution >= 4 is 34.4 Å². The van der Waals surface area contributed by atoms with Crippen LogP contribution in [0.2, 0.25) is 0 Å². The van der Waals surface area contributed by atoms with E-state index in [1.807, 2.05) is 0 Å². The van der Waals surface area contributed by atoms with E-state index in [9.17, 15) is 5.11 Å². The summed E-state index contributed by atoms with van der Waals surface area (Å²) in [5.74, 6) is 0. The number of aliphatic hydroxyl groups is 1. The first kappa shape index (κ1) is 13.5. The predicted molar refractivity (Wildman–Crippen MR) is 85.4 cm³/mol. The molecule has 2 heterocycles. The Morgan fingerprint density at radius 2 is 2.26 bits per heavy atom. The minimum absolute atomic E-state index is 0.0318. The summed E-state index contributed by atoms with van der Waals surface area (Å²) in [5.41, 5.74) is 2.16. The van der Waals surface area contributed by atoms with Gasteiger partial charge in [0.1, 0.15) is 0 Å². The molecule has 1 aromatic heterocycles. The third kappa shape index (κ3) is 2.21. The molecule has 2 aromatic rings. The van der Waals surface area contributed by atoms with Gasteiger partial charge in [-0.2, -0.15) is 0 Å². The first-order valence-electron chi connectivity index (χ1n) is 6.14. The van der Waals surface area contributed by atoms with Crippen LogP contribution in [0.4, 0.5) is 0 Å². The van der Waals surface area contributed by atoms with E-state index < -0.39 is 0 Å². The highest BCUT2D eigenvalue weighted by atomic mass is 127. The Balaban J connectivity index is 2.16. The third-order valence-corrected chi connectivity index (χ3v) is 5.34. The van der Waals surface area contributed by atoms with E-state index in [4.69, 9.17) is 0 Å². The Labute approximate surface area is 130 Å². The van der Waals surface area contributed by atoms with Gasteiger partial charge in [0.25, 0.3) is 0 Å². The van der Waals surface area contributed by atoms with E-state index in [-0.39, 0.29) is 17.4 Å². The van der Waals surface area contributed by atoms with Crippen molar-refractivity contribution in [2.45, 2.75) is 36.4 Å². The van der Waals surface area contributed by atoms with Gasteiger partial charge < -0.3 is 9.67 Å². The van der Waals surface area contributed by atoms with E-state index in [1.165, 1.54) is 9.13 Å². The van der Waals surface area contributed by atoms with Gasteiger partial charge in [-0.05, 0) is 54.1 Å². The Hall–Kier alpha value is -0.530. The van der Waals surface area contributed by atoms with Crippen molar-refractivity contribution in [1.82, 2.24) is 9.55 Å². The number of nitrogens with zero attached hydrogens (tertiary/aromatic N) is 2. The zero-order valence-electron chi connectivity index (χ0n) is 10.8. The Bertz CT molecular complexity index is 624. The average molecular weight is 386 g/mol. The van der Waals surface area contributed by atoms with Crippen LogP contribution in [-0.2, 0) is 6.61 Å². The molecule has 1 unspecified atom stereocenters. The zero-order chi connectivity index (χ0) is 13.6. The van der Waals surface area contributed by atoms with Gasteiger partial charge >= 0.3 is 0 Å². The molecule has 100 valence electrons. The van der Waals surface area contributed by atoms with E-state index in [0.717, 1.165) is 10.9 Å². The quantitative estimate of drug-likeness (QED) is 0.804. The minimum atomic E-state index is 0.0318. The van der Waals surface area contributed by atoms with Crippen LogP contribution in [0.25, 0.3) is 0 Å². The molecule has 0 aliphatic carbocycles. The summed E-state index contributed by atoms with van der Waals surface area (Å²) in [4.78, 5) is 4.43. The molecule has 3 rings (SSSR count). The predicted octanol–water partition coefficient (Wildman–Crippen LogP) is 3.45. The summed E-state index contributed by atoms with van der Waals surface area (Å²) in [5, 5.41) is 10.5. The largest absolute Gasteiger partial charge is 0.390 e. The lowest BCUT2D eigenvalue weighted by molar-refractivity contribution is 0.265. The van der Waals surface area contributed by atoms with Crippen LogP contribution in [0.1, 0.15) is 31.1 Å². The molecule has 0 saturated carbocycles. The second kappa shape index (κ2) is 4.79. The zero-order valence-corrected chi connectivity index (χ0v) is 13.8. The fraction of sp³-hybridized carbons (Fsp3) is 0.357. The topological polar surface area (TPSA) is 38.1 Å². The van der Waals surface area contributed by atoms with Crippen LogP contribution in [0.5, 0.6) is 0 Å². The van der Waals surface area contributed by atoms with Crippen molar-refractivity contribution < 1.29 is 5.11 Å². The average Bonchev–Trinajstić information content (AvgIpc) is 2.82. The lowest BCUT2D eigenvalue weighted by Gasteiger charge is -2.28. The van der Waals surface area contributed by atoms with Crippen molar-refractivity contribution in [3.8, 4) is 0 Å². The molecule has 5 heteroatoms. The Morgan fingerprint density at radius 1 is 1.47 bits per heavy atom. The standard InChI is InChI=1S/C14H15IN2OS/c1-14(2)12(9-4-3-5-10(15)6-9)17-11(8-18)7-16-13(17)19-14/h3-7,12,18H,8H2,1-2H3. The molecule has 1 aliphatic rings. The lowest BCUT2D eigenvalue weighted by atomic mass is 9.95. The molecule has 1 aromatic carbocycles. The number of benzene rings is 1. The molecular formula is C14H15IN2OS. The number of halogens is 1. The number of rotatable bonds is 2. The van der Waals surface area contributed by atoms with Crippen molar-refractivity contribution in [3.05, 3.63) is 45.3 Å². The second-order valence-electron chi connectivity index (χ2n) is 5.22. The van der Waals surface area contributed by atoms with E-state index in [2.05, 4.69) is 70.3 Å². The van der Waals surface area contributed by atoms with Crippen molar-refractivity contribution in [1.29, 1.82) is 0 Å². The van der Waals surface area contributed by atoms with Crippen LogP contribution in [0.3, 0.4) is 0 Å². The number of hydrogen-bond donors (Lipinski definition) is 1. The smallest absolute Gasteiger partial charge is 0.169 e. The number of aromatic nitrogens is 2. The minimum Gasteiger partial charge on any atom is -0.390 e. The molecule has 1 N–H and O–H groups in total. The fourth-order valence-corrected chi connectivity index (χ4v) is 4.49. The van der Waals surface area contributed by atoms with E-state index in [1.54, 1.807) is 18.0 Å². The third-order valence-electron chi connectivity index (χ3n) is 3.44. The Morgan fingerprint density at radius 3 is 2.95 bits per heavy atom. The molecule has 0 fully saturated rings. The summed E-state index contributed by atoms with van der Waals surface area (Å²) in [7, 11) is 0. The van der Waals surface area contributed by atoms with Crippen molar-refractivity contribution in [3.63, 3.8) is 0 Å². The van der Waals surface area contributed by atoms with Gasteiger partial charge in [-0.1, -0.05) is 23.9 Å². The van der Waals surface area contributed by atoms with Crippen LogP contribution in [0, 0.1) is 3.57 Å². The van der Waals surface area contributed by atoms with Gasteiger partial charge in [0.15, 0.2) is 5.16 Å². The molecular weight excluding hydrogens is 371 g/mol. The van der Waals surface area contributed by atoms with Gasteiger partial charge in [0.2, 0.25) is 0 Å². The normalized spacial score (nSPS) is 20.5. The number of imidazole rings is 1. The maximum atomic E-state index is 9.51. The maximum absolute atomic E-state index is 9.51. The van der Waals surface area contributed by atoms with Crippen molar-refractivity contribution in [2.24, 2.45) is 0 Å². The Kier molecular flexibility index (Phi) is 3.39. The highest BCUT2D eigenvalue weighted by Crippen LogP contribution is 2.51. The number of aliphatic hydroxyl groups excluding tert-OH is 1. The highest BCUT2D eigenvalue weighted by molar-refractivity contribution is 14.1. The fourth-order valence-electron chi connectivity index (χ4n) is 2.67.